The lowest BCUT2D eigenvalue weighted by atomic mass is 9.92. The molecule has 3 rings (SSSR count). The summed E-state index contributed by atoms with van der Waals surface area (Å²) in [5.74, 6) is 0. The quantitative estimate of drug-likeness (QED) is 0.721. The highest BCUT2D eigenvalue weighted by atomic mass is 15.1. The van der Waals surface area contributed by atoms with E-state index < -0.39 is 0 Å². The van der Waals surface area contributed by atoms with Crippen molar-refractivity contribution in [3.05, 3.63) is 84.1 Å². The minimum absolute atomic E-state index is 0.583. The van der Waals surface area contributed by atoms with Gasteiger partial charge in [-0.25, -0.2) is 0 Å². The normalized spacial score (nSPS) is 21.7. The SMILES string of the molecule is C=CC1=C2C=CC=CN2C(=C)C(/C(=C\CC)NC2CCCCC2)=C1. The molecule has 0 atom stereocenters. The number of rotatable bonds is 5. The van der Waals surface area contributed by atoms with Crippen LogP contribution in [0.1, 0.15) is 45.4 Å². The molecule has 1 aliphatic carbocycles. The molecule has 0 amide bonds. The molecule has 24 heavy (non-hydrogen) atoms. The van der Waals surface area contributed by atoms with E-state index in [1.54, 1.807) is 0 Å². The Morgan fingerprint density at radius 3 is 2.79 bits per heavy atom. The van der Waals surface area contributed by atoms with Crippen LogP contribution in [-0.4, -0.2) is 10.9 Å². The number of hydrogen-bond donors (Lipinski definition) is 1. The Balaban J connectivity index is 1.93. The second-order valence-corrected chi connectivity index (χ2v) is 6.63. The first-order chi connectivity index (χ1) is 11.7. The van der Waals surface area contributed by atoms with E-state index in [1.807, 2.05) is 6.08 Å². The van der Waals surface area contributed by atoms with Crippen molar-refractivity contribution in [3.63, 3.8) is 0 Å². The Labute approximate surface area is 146 Å². The predicted octanol–water partition coefficient (Wildman–Crippen LogP) is 5.48. The summed E-state index contributed by atoms with van der Waals surface area (Å²) in [6, 6.07) is 0.583. The van der Waals surface area contributed by atoms with Crippen LogP contribution in [0.3, 0.4) is 0 Å². The first-order valence-electron chi connectivity index (χ1n) is 9.13. The first kappa shape index (κ1) is 16.6. The highest BCUT2D eigenvalue weighted by molar-refractivity contribution is 5.59. The molecule has 2 heteroatoms. The average molecular weight is 320 g/mol. The van der Waals surface area contributed by atoms with Gasteiger partial charge in [0.25, 0.3) is 0 Å². The maximum Gasteiger partial charge on any atom is 0.0527 e. The van der Waals surface area contributed by atoms with Crippen LogP contribution >= 0.6 is 0 Å². The molecule has 0 saturated heterocycles. The summed E-state index contributed by atoms with van der Waals surface area (Å²) in [7, 11) is 0. The summed E-state index contributed by atoms with van der Waals surface area (Å²) in [4.78, 5) is 2.17. The molecular weight excluding hydrogens is 292 g/mol. The molecule has 1 N–H and O–H groups in total. The third-order valence-corrected chi connectivity index (χ3v) is 4.94. The molecule has 0 aromatic rings. The van der Waals surface area contributed by atoms with Crippen LogP contribution in [0.4, 0.5) is 0 Å². The molecule has 0 aromatic heterocycles. The molecular formula is C22H28N2. The van der Waals surface area contributed by atoms with E-state index in [9.17, 15) is 0 Å². The summed E-state index contributed by atoms with van der Waals surface area (Å²) in [6.45, 7) is 10.6. The molecule has 0 spiro atoms. The second-order valence-electron chi connectivity index (χ2n) is 6.63. The Hall–Kier alpha value is -2.22. The summed E-state index contributed by atoms with van der Waals surface area (Å²) in [6.07, 6.45) is 22.3. The number of nitrogens with one attached hydrogen (secondary N) is 1. The van der Waals surface area contributed by atoms with Crippen LogP contribution < -0.4 is 5.32 Å². The zero-order chi connectivity index (χ0) is 16.9. The molecule has 3 aliphatic rings. The zero-order valence-electron chi connectivity index (χ0n) is 14.7. The van der Waals surface area contributed by atoms with Crippen molar-refractivity contribution in [2.24, 2.45) is 0 Å². The van der Waals surface area contributed by atoms with Crippen molar-refractivity contribution >= 4 is 0 Å². The second kappa shape index (κ2) is 7.57. The maximum absolute atomic E-state index is 4.37. The van der Waals surface area contributed by atoms with Crippen molar-refractivity contribution in [1.82, 2.24) is 10.2 Å². The maximum atomic E-state index is 4.37. The molecule has 2 heterocycles. The van der Waals surface area contributed by atoms with E-state index in [-0.39, 0.29) is 0 Å². The summed E-state index contributed by atoms with van der Waals surface area (Å²) < 4.78 is 0. The fraction of sp³-hybridized carbons (Fsp3) is 0.364. The van der Waals surface area contributed by atoms with Crippen LogP contribution in [0.25, 0.3) is 0 Å². The zero-order valence-corrected chi connectivity index (χ0v) is 14.7. The van der Waals surface area contributed by atoms with Crippen molar-refractivity contribution in [3.8, 4) is 0 Å². The number of hydrogen-bond acceptors (Lipinski definition) is 2. The third-order valence-electron chi connectivity index (χ3n) is 4.94. The third kappa shape index (κ3) is 3.33. The Morgan fingerprint density at radius 1 is 1.29 bits per heavy atom. The predicted molar refractivity (Wildman–Crippen MR) is 103 cm³/mol. The molecule has 2 aliphatic heterocycles. The molecule has 126 valence electrons. The van der Waals surface area contributed by atoms with Gasteiger partial charge in [-0.05, 0) is 43.1 Å². The van der Waals surface area contributed by atoms with Gasteiger partial charge in [0, 0.05) is 29.2 Å². The van der Waals surface area contributed by atoms with E-state index in [0.717, 1.165) is 23.4 Å². The highest BCUT2D eigenvalue weighted by Gasteiger charge is 2.25. The van der Waals surface area contributed by atoms with Gasteiger partial charge in [-0.3, -0.25) is 0 Å². The van der Waals surface area contributed by atoms with E-state index in [0.29, 0.717) is 6.04 Å². The van der Waals surface area contributed by atoms with Crippen LogP contribution in [-0.2, 0) is 0 Å². The Morgan fingerprint density at radius 2 is 2.08 bits per heavy atom. The summed E-state index contributed by atoms with van der Waals surface area (Å²) in [5, 5.41) is 3.80. The lowest BCUT2D eigenvalue weighted by molar-refractivity contribution is 0.397. The number of allylic oxidation sites excluding steroid dienone is 7. The van der Waals surface area contributed by atoms with Crippen molar-refractivity contribution < 1.29 is 0 Å². The minimum Gasteiger partial charge on any atom is -0.382 e. The molecule has 0 bridgehead atoms. The lowest BCUT2D eigenvalue weighted by Crippen LogP contribution is -2.33. The topological polar surface area (TPSA) is 15.3 Å². The fourth-order valence-electron chi connectivity index (χ4n) is 3.67. The van der Waals surface area contributed by atoms with Gasteiger partial charge in [0.2, 0.25) is 0 Å². The van der Waals surface area contributed by atoms with Crippen molar-refractivity contribution in [2.75, 3.05) is 0 Å². The van der Waals surface area contributed by atoms with Crippen LogP contribution in [0.15, 0.2) is 84.1 Å². The van der Waals surface area contributed by atoms with E-state index in [2.05, 4.69) is 66.9 Å². The lowest BCUT2D eigenvalue weighted by Gasteiger charge is -2.35. The van der Waals surface area contributed by atoms with Crippen LogP contribution in [0.5, 0.6) is 0 Å². The summed E-state index contributed by atoms with van der Waals surface area (Å²) in [5.41, 5.74) is 5.72. The molecule has 0 radical (unpaired) electrons. The van der Waals surface area contributed by atoms with E-state index >= 15 is 0 Å². The summed E-state index contributed by atoms with van der Waals surface area (Å²) >= 11 is 0. The largest absolute Gasteiger partial charge is 0.382 e. The molecule has 2 nitrogen and oxygen atoms in total. The van der Waals surface area contributed by atoms with Crippen LogP contribution in [0, 0.1) is 0 Å². The van der Waals surface area contributed by atoms with Gasteiger partial charge in [0.05, 0.1) is 5.70 Å². The Kier molecular flexibility index (Phi) is 5.24. The Bertz CT molecular complexity index is 664. The fourth-order valence-corrected chi connectivity index (χ4v) is 3.67. The van der Waals surface area contributed by atoms with Gasteiger partial charge in [0.1, 0.15) is 0 Å². The van der Waals surface area contributed by atoms with Crippen LogP contribution in [0.2, 0.25) is 0 Å². The number of fused-ring (bicyclic) bond motifs is 1. The standard InChI is InChI=1S/C22H28N2/c1-4-11-21(23-19-12-7-6-8-13-19)20-16-18(5-2)22-14-9-10-15-24(22)17(20)3/h5,9-11,14-16,19,23H,2-4,6-8,12-13H2,1H3/b21-11+. The minimum atomic E-state index is 0.583. The van der Waals surface area contributed by atoms with E-state index in [1.165, 1.54) is 43.4 Å². The molecule has 0 unspecified atom stereocenters. The first-order valence-corrected chi connectivity index (χ1v) is 9.13. The van der Waals surface area contributed by atoms with Crippen molar-refractivity contribution in [1.29, 1.82) is 0 Å². The van der Waals surface area contributed by atoms with Gasteiger partial charge < -0.3 is 10.2 Å². The average Bonchev–Trinajstić information content (AvgIpc) is 2.63. The monoisotopic (exact) mass is 320 g/mol. The number of nitrogens with zero attached hydrogens (tertiary/aromatic N) is 1. The van der Waals surface area contributed by atoms with E-state index in [4.69, 9.17) is 0 Å². The van der Waals surface area contributed by atoms with Gasteiger partial charge in [-0.2, -0.15) is 0 Å². The molecule has 1 saturated carbocycles. The van der Waals surface area contributed by atoms with Gasteiger partial charge in [-0.15, -0.1) is 0 Å². The van der Waals surface area contributed by atoms with Gasteiger partial charge in [-0.1, -0.05) is 57.6 Å². The molecule has 0 aromatic carbocycles. The van der Waals surface area contributed by atoms with Gasteiger partial charge >= 0.3 is 0 Å². The molecule has 1 fully saturated rings. The highest BCUT2D eigenvalue weighted by Crippen LogP contribution is 2.35. The van der Waals surface area contributed by atoms with Gasteiger partial charge in [0.15, 0.2) is 0 Å². The smallest absolute Gasteiger partial charge is 0.0527 e. The van der Waals surface area contributed by atoms with Crippen molar-refractivity contribution in [2.45, 2.75) is 51.5 Å².